The number of anilines is 1. The Bertz CT molecular complexity index is 554. The number of carbonyl (C=O) groups excluding carboxylic acids is 1. The minimum atomic E-state index is -1.16. The van der Waals surface area contributed by atoms with Gasteiger partial charge in [-0.2, -0.15) is 5.26 Å². The maximum Gasteiger partial charge on any atom is 0.326 e. The van der Waals surface area contributed by atoms with Gasteiger partial charge in [0.15, 0.2) is 0 Å². The van der Waals surface area contributed by atoms with Gasteiger partial charge in [-0.15, -0.1) is 0 Å². The number of amides is 2. The maximum atomic E-state index is 12.9. The molecular weight excluding hydrogens is 253 g/mol. The highest BCUT2D eigenvalue weighted by molar-refractivity contribution is 5.93. The zero-order chi connectivity index (χ0) is 14.6. The highest BCUT2D eigenvalue weighted by atomic mass is 19.1. The van der Waals surface area contributed by atoms with Crippen LogP contribution >= 0.6 is 0 Å². The number of likely N-dealkylation sites (N-methyl/N-ethyl adjacent to an activating group) is 1. The molecule has 0 saturated heterocycles. The monoisotopic (exact) mass is 265 g/mol. The molecule has 0 bridgehead atoms. The normalized spacial score (nSPS) is 11.3. The zero-order valence-electron chi connectivity index (χ0n) is 10.3. The molecule has 2 N–H and O–H groups in total. The first-order valence-electron chi connectivity index (χ1n) is 5.33. The summed E-state index contributed by atoms with van der Waals surface area (Å²) in [6.45, 7) is 1.35. The number of carboxylic acid groups (broad SMARTS) is 1. The second kappa shape index (κ2) is 5.82. The van der Waals surface area contributed by atoms with Gasteiger partial charge in [-0.05, 0) is 25.1 Å². The molecule has 100 valence electrons. The molecule has 1 unspecified atom stereocenters. The molecule has 0 aliphatic carbocycles. The van der Waals surface area contributed by atoms with Gasteiger partial charge in [0, 0.05) is 7.05 Å². The van der Waals surface area contributed by atoms with Gasteiger partial charge < -0.3 is 15.3 Å². The maximum absolute atomic E-state index is 12.9. The Kier molecular flexibility index (Phi) is 4.42. The van der Waals surface area contributed by atoms with E-state index in [9.17, 15) is 14.0 Å². The van der Waals surface area contributed by atoms with E-state index in [0.717, 1.165) is 17.0 Å². The van der Waals surface area contributed by atoms with Gasteiger partial charge in [-0.3, -0.25) is 0 Å². The molecule has 7 heteroatoms. The topological polar surface area (TPSA) is 93.4 Å². The van der Waals surface area contributed by atoms with E-state index in [-0.39, 0.29) is 11.3 Å². The number of urea groups is 1. The van der Waals surface area contributed by atoms with E-state index >= 15 is 0 Å². The van der Waals surface area contributed by atoms with E-state index in [2.05, 4.69) is 5.32 Å². The molecule has 1 aromatic carbocycles. The predicted molar refractivity (Wildman–Crippen MR) is 65.0 cm³/mol. The molecule has 1 atom stereocenters. The van der Waals surface area contributed by atoms with Crippen LogP contribution in [0.5, 0.6) is 0 Å². The largest absolute Gasteiger partial charge is 0.480 e. The van der Waals surface area contributed by atoms with E-state index in [1.54, 1.807) is 6.07 Å². The Labute approximate surface area is 109 Å². The summed E-state index contributed by atoms with van der Waals surface area (Å²) in [5.74, 6) is -1.75. The predicted octanol–water partition coefficient (Wildman–Crippen LogP) is 1.63. The number of benzene rings is 1. The first kappa shape index (κ1) is 14.4. The van der Waals surface area contributed by atoms with E-state index in [1.807, 2.05) is 0 Å². The van der Waals surface area contributed by atoms with Crippen molar-refractivity contribution < 1.29 is 19.1 Å². The smallest absolute Gasteiger partial charge is 0.326 e. The van der Waals surface area contributed by atoms with Crippen LogP contribution in [0, 0.1) is 17.1 Å². The third-order valence-corrected chi connectivity index (χ3v) is 2.60. The standard InChI is InChI=1S/C12H12FN3O3/c1-7(11(17)18)16(2)12(19)15-10-4-3-9(13)5-8(10)6-14/h3-5,7H,1-2H3,(H,15,19)(H,17,18). The van der Waals surface area contributed by atoms with Gasteiger partial charge in [-0.25, -0.2) is 14.0 Å². The number of nitrogens with zero attached hydrogens (tertiary/aromatic N) is 2. The number of rotatable bonds is 3. The number of halogens is 1. The lowest BCUT2D eigenvalue weighted by atomic mass is 10.2. The van der Waals surface area contributed by atoms with Crippen molar-refractivity contribution in [3.8, 4) is 6.07 Å². The summed E-state index contributed by atoms with van der Waals surface area (Å²) >= 11 is 0. The van der Waals surface area contributed by atoms with E-state index in [0.29, 0.717) is 0 Å². The van der Waals surface area contributed by atoms with Crippen molar-refractivity contribution in [2.45, 2.75) is 13.0 Å². The molecule has 0 aromatic heterocycles. The van der Waals surface area contributed by atoms with Crippen molar-refractivity contribution in [2.75, 3.05) is 12.4 Å². The van der Waals surface area contributed by atoms with Crippen LogP contribution in [0.25, 0.3) is 0 Å². The summed E-state index contributed by atoms with van der Waals surface area (Å²) in [5, 5.41) is 20.0. The van der Waals surface area contributed by atoms with Crippen LogP contribution in [-0.2, 0) is 4.79 Å². The van der Waals surface area contributed by atoms with Crippen molar-refractivity contribution in [1.29, 1.82) is 5.26 Å². The highest BCUT2D eigenvalue weighted by Crippen LogP contribution is 2.16. The molecule has 2 amide bonds. The lowest BCUT2D eigenvalue weighted by molar-refractivity contribution is -0.141. The SMILES string of the molecule is CC(C(=O)O)N(C)C(=O)Nc1ccc(F)cc1C#N. The Hall–Kier alpha value is -2.62. The molecule has 0 aliphatic rings. The summed E-state index contributed by atoms with van der Waals surface area (Å²) in [6.07, 6.45) is 0. The van der Waals surface area contributed by atoms with Gasteiger partial charge in [0.1, 0.15) is 17.9 Å². The fourth-order valence-electron chi connectivity index (χ4n) is 1.26. The second-order valence-electron chi connectivity index (χ2n) is 3.86. The number of nitrogens with one attached hydrogen (secondary N) is 1. The van der Waals surface area contributed by atoms with Crippen LogP contribution in [0.4, 0.5) is 14.9 Å². The van der Waals surface area contributed by atoms with Crippen LogP contribution in [0.2, 0.25) is 0 Å². The lowest BCUT2D eigenvalue weighted by Crippen LogP contribution is -2.42. The average molecular weight is 265 g/mol. The van der Waals surface area contributed by atoms with Crippen molar-refractivity contribution in [3.05, 3.63) is 29.6 Å². The Morgan fingerprint density at radius 2 is 2.16 bits per heavy atom. The quantitative estimate of drug-likeness (QED) is 0.868. The van der Waals surface area contributed by atoms with Crippen molar-refractivity contribution in [1.82, 2.24) is 4.90 Å². The van der Waals surface area contributed by atoms with E-state index in [1.165, 1.54) is 20.0 Å². The van der Waals surface area contributed by atoms with Gasteiger partial charge in [0.25, 0.3) is 0 Å². The number of hydrogen-bond donors (Lipinski definition) is 2. The van der Waals surface area contributed by atoms with Crippen LogP contribution in [0.1, 0.15) is 12.5 Å². The van der Waals surface area contributed by atoms with Gasteiger partial charge in [0.2, 0.25) is 0 Å². The molecule has 0 aliphatic heterocycles. The number of carbonyl (C=O) groups is 2. The molecule has 0 fully saturated rings. The summed E-state index contributed by atoms with van der Waals surface area (Å²) in [4.78, 5) is 23.5. The molecule has 0 radical (unpaired) electrons. The fraction of sp³-hybridized carbons (Fsp3) is 0.250. The summed E-state index contributed by atoms with van der Waals surface area (Å²) in [7, 11) is 1.31. The molecular formula is C12H12FN3O3. The average Bonchev–Trinajstić information content (AvgIpc) is 2.38. The molecule has 19 heavy (non-hydrogen) atoms. The summed E-state index contributed by atoms with van der Waals surface area (Å²) in [6, 6.07) is 3.34. The molecule has 6 nitrogen and oxygen atoms in total. The molecule has 1 rings (SSSR count). The molecule has 0 saturated carbocycles. The van der Waals surface area contributed by atoms with E-state index < -0.39 is 23.9 Å². The van der Waals surface area contributed by atoms with E-state index in [4.69, 9.17) is 10.4 Å². The van der Waals surface area contributed by atoms with Crippen molar-refractivity contribution in [2.24, 2.45) is 0 Å². The van der Waals surface area contributed by atoms with Gasteiger partial charge >= 0.3 is 12.0 Å². The molecule has 0 spiro atoms. The van der Waals surface area contributed by atoms with Crippen molar-refractivity contribution in [3.63, 3.8) is 0 Å². The number of hydrogen-bond acceptors (Lipinski definition) is 3. The lowest BCUT2D eigenvalue weighted by Gasteiger charge is -2.22. The third kappa shape index (κ3) is 3.42. The number of nitriles is 1. The Morgan fingerprint density at radius 3 is 2.68 bits per heavy atom. The van der Waals surface area contributed by atoms with Gasteiger partial charge in [-0.1, -0.05) is 0 Å². The molecule has 0 heterocycles. The Balaban J connectivity index is 2.89. The fourth-order valence-corrected chi connectivity index (χ4v) is 1.26. The second-order valence-corrected chi connectivity index (χ2v) is 3.86. The minimum Gasteiger partial charge on any atom is -0.480 e. The Morgan fingerprint density at radius 1 is 1.53 bits per heavy atom. The summed E-state index contributed by atoms with van der Waals surface area (Å²) < 4.78 is 12.9. The van der Waals surface area contributed by atoms with Gasteiger partial charge in [0.05, 0.1) is 11.3 Å². The van der Waals surface area contributed by atoms with Crippen LogP contribution < -0.4 is 5.32 Å². The summed E-state index contributed by atoms with van der Waals surface area (Å²) in [5.41, 5.74) is 0.0862. The number of aliphatic carboxylic acids is 1. The van der Waals surface area contributed by atoms with Crippen LogP contribution in [-0.4, -0.2) is 35.1 Å². The first-order chi connectivity index (χ1) is 8.86. The van der Waals surface area contributed by atoms with Crippen LogP contribution in [0.15, 0.2) is 18.2 Å². The number of carboxylic acids is 1. The minimum absolute atomic E-state index is 0.0373. The third-order valence-electron chi connectivity index (χ3n) is 2.60. The van der Waals surface area contributed by atoms with Crippen LogP contribution in [0.3, 0.4) is 0 Å². The zero-order valence-corrected chi connectivity index (χ0v) is 10.3. The molecule has 1 aromatic rings. The first-order valence-corrected chi connectivity index (χ1v) is 5.33. The highest BCUT2D eigenvalue weighted by Gasteiger charge is 2.22. The van der Waals surface area contributed by atoms with Crippen molar-refractivity contribution >= 4 is 17.7 Å².